The number of hydrogen-bond acceptors (Lipinski definition) is 5. The maximum atomic E-state index is 14.2. The number of thioether (sulfide) groups is 1. The molecule has 1 saturated carbocycles. The smallest absolute Gasteiger partial charge is 0.475 e. The summed E-state index contributed by atoms with van der Waals surface area (Å²) in [5.74, 6) is -1.50. The Balaban J connectivity index is 0.000000298. The summed E-state index contributed by atoms with van der Waals surface area (Å²) in [7, 11) is 0. The second-order valence-corrected chi connectivity index (χ2v) is 8.88. The fraction of sp³-hybridized carbons (Fsp3) is 0.611. The second-order valence-electron chi connectivity index (χ2n) is 7.39. The largest absolute Gasteiger partial charge is 0.490 e. The molecule has 1 aromatic rings. The van der Waals surface area contributed by atoms with Gasteiger partial charge in [0.15, 0.2) is 5.67 Å². The van der Waals surface area contributed by atoms with Crippen molar-refractivity contribution in [3.8, 4) is 5.88 Å². The maximum absolute atomic E-state index is 14.2. The highest BCUT2D eigenvalue weighted by Gasteiger charge is 2.56. The number of carboxylic acid groups (broad SMARTS) is 1. The number of ether oxygens (including phenoxy) is 1. The number of likely N-dealkylation sites (tertiary alicyclic amines) is 1. The van der Waals surface area contributed by atoms with Crippen LogP contribution >= 0.6 is 11.8 Å². The van der Waals surface area contributed by atoms with Crippen LogP contribution in [-0.4, -0.2) is 68.4 Å². The average Bonchev–Trinajstić information content (AvgIpc) is 3.02. The lowest BCUT2D eigenvalue weighted by Gasteiger charge is -2.50. The number of nitrogens with zero attached hydrogens (tertiary/aromatic N) is 2. The minimum absolute atomic E-state index is 0.0647. The molecule has 3 fully saturated rings. The van der Waals surface area contributed by atoms with Crippen molar-refractivity contribution in [3.63, 3.8) is 0 Å². The molecule has 3 heterocycles. The van der Waals surface area contributed by atoms with Crippen LogP contribution in [0.5, 0.6) is 5.88 Å². The number of hydrogen-bond donors (Lipinski definition) is 1. The number of halogens is 4. The maximum Gasteiger partial charge on any atom is 0.490 e. The molecule has 11 heteroatoms. The first kappa shape index (κ1) is 21.7. The number of aromatic nitrogens is 1. The molecule has 6 nitrogen and oxygen atoms in total. The molecule has 4 rings (SSSR count). The summed E-state index contributed by atoms with van der Waals surface area (Å²) in [6.07, 6.45) is -0.717. The number of carbonyl (C=O) groups is 2. The van der Waals surface area contributed by atoms with Gasteiger partial charge in [0.1, 0.15) is 6.10 Å². The van der Waals surface area contributed by atoms with E-state index in [9.17, 15) is 22.4 Å². The molecule has 160 valence electrons. The van der Waals surface area contributed by atoms with Gasteiger partial charge in [-0.25, -0.2) is 14.2 Å². The lowest BCUT2D eigenvalue weighted by Crippen LogP contribution is -2.65. The van der Waals surface area contributed by atoms with E-state index in [1.54, 1.807) is 11.1 Å². The third-order valence-corrected chi connectivity index (χ3v) is 6.69. The van der Waals surface area contributed by atoms with Gasteiger partial charge in [-0.3, -0.25) is 4.79 Å². The van der Waals surface area contributed by atoms with Crippen molar-refractivity contribution in [2.24, 2.45) is 0 Å². The summed E-state index contributed by atoms with van der Waals surface area (Å²) < 4.78 is 51.9. The Bertz CT molecular complexity index is 752. The van der Waals surface area contributed by atoms with Gasteiger partial charge < -0.3 is 14.7 Å². The normalized spacial score (nSPS) is 24.0. The fourth-order valence-corrected chi connectivity index (χ4v) is 4.99. The zero-order valence-corrected chi connectivity index (χ0v) is 16.1. The van der Waals surface area contributed by atoms with Crippen LogP contribution < -0.4 is 4.74 Å². The number of pyridine rings is 1. The quantitative estimate of drug-likeness (QED) is 0.734. The highest BCUT2D eigenvalue weighted by Crippen LogP contribution is 2.48. The summed E-state index contributed by atoms with van der Waals surface area (Å²) in [5.41, 5.74) is -1.56. The molecule has 0 radical (unpaired) electrons. The van der Waals surface area contributed by atoms with Crippen molar-refractivity contribution in [1.82, 2.24) is 9.88 Å². The van der Waals surface area contributed by atoms with Crippen molar-refractivity contribution in [2.45, 2.75) is 48.4 Å². The van der Waals surface area contributed by atoms with Crippen LogP contribution in [0.4, 0.5) is 17.6 Å². The number of amides is 1. The van der Waals surface area contributed by atoms with Crippen LogP contribution in [0.1, 0.15) is 25.7 Å². The highest BCUT2D eigenvalue weighted by molar-refractivity contribution is 8.01. The lowest BCUT2D eigenvalue weighted by atomic mass is 9.79. The van der Waals surface area contributed by atoms with Gasteiger partial charge in [0.25, 0.3) is 5.91 Å². The topological polar surface area (TPSA) is 79.7 Å². The standard InChI is InChI=1S/C16H19FN2O2S.C2HF3O2/c17-16(5-3-6-16)14(20)19-10-15(11-19)8-12(9-22-15)21-13-4-1-2-7-18-13;3-2(4,5)1(6)7/h1-2,4,7,12H,3,5-6,8-11H2;(H,6,7). The van der Waals surface area contributed by atoms with Gasteiger partial charge in [0, 0.05) is 37.5 Å². The lowest BCUT2D eigenvalue weighted by molar-refractivity contribution is -0.192. The first-order valence-corrected chi connectivity index (χ1v) is 10.0. The molecule has 2 saturated heterocycles. The van der Waals surface area contributed by atoms with Crippen LogP contribution in [-0.2, 0) is 9.59 Å². The van der Waals surface area contributed by atoms with Crippen LogP contribution in [0.3, 0.4) is 0 Å². The monoisotopic (exact) mass is 436 g/mol. The Hall–Kier alpha value is -2.04. The molecule has 1 spiro atoms. The van der Waals surface area contributed by atoms with E-state index in [1.807, 2.05) is 30.0 Å². The SMILES string of the molecule is O=C(N1CC2(CC(Oc3ccccn3)CS2)C1)C1(F)CCC1.O=C(O)C(F)(F)F. The minimum atomic E-state index is -5.08. The van der Waals surface area contributed by atoms with Crippen LogP contribution in [0.25, 0.3) is 0 Å². The Kier molecular flexibility index (Phi) is 5.98. The molecule has 1 aliphatic carbocycles. The van der Waals surface area contributed by atoms with E-state index in [2.05, 4.69) is 4.98 Å². The van der Waals surface area contributed by atoms with Crippen molar-refractivity contribution >= 4 is 23.6 Å². The number of aliphatic carboxylic acids is 1. The van der Waals surface area contributed by atoms with Gasteiger partial charge in [-0.15, -0.1) is 11.8 Å². The third-order valence-electron chi connectivity index (χ3n) is 5.12. The van der Waals surface area contributed by atoms with E-state index >= 15 is 0 Å². The molecule has 3 aliphatic rings. The Labute approximate surface area is 168 Å². The van der Waals surface area contributed by atoms with E-state index < -0.39 is 17.8 Å². The number of alkyl halides is 4. The summed E-state index contributed by atoms with van der Waals surface area (Å²) in [6.45, 7) is 1.31. The predicted octanol–water partition coefficient (Wildman–Crippen LogP) is 3.07. The van der Waals surface area contributed by atoms with Crippen LogP contribution in [0.15, 0.2) is 24.4 Å². The van der Waals surface area contributed by atoms with Gasteiger partial charge in [-0.2, -0.15) is 13.2 Å². The summed E-state index contributed by atoms with van der Waals surface area (Å²) >= 11 is 1.85. The Morgan fingerprint density at radius 3 is 2.41 bits per heavy atom. The highest BCUT2D eigenvalue weighted by atomic mass is 32.2. The molecule has 0 aromatic carbocycles. The van der Waals surface area contributed by atoms with Gasteiger partial charge in [-0.05, 0) is 25.3 Å². The van der Waals surface area contributed by atoms with Crippen molar-refractivity contribution in [3.05, 3.63) is 24.4 Å². The van der Waals surface area contributed by atoms with E-state index in [-0.39, 0.29) is 16.8 Å². The number of carbonyl (C=O) groups excluding carboxylic acids is 1. The average molecular weight is 436 g/mol. The molecule has 1 unspecified atom stereocenters. The van der Waals surface area contributed by atoms with Crippen molar-refractivity contribution < 1.29 is 37.0 Å². The zero-order valence-electron chi connectivity index (χ0n) is 15.3. The van der Waals surface area contributed by atoms with E-state index in [4.69, 9.17) is 14.6 Å². The molecule has 1 N–H and O–H groups in total. The van der Waals surface area contributed by atoms with Gasteiger partial charge in [0.05, 0.1) is 4.75 Å². The number of rotatable bonds is 3. The van der Waals surface area contributed by atoms with E-state index in [1.165, 1.54) is 0 Å². The Morgan fingerprint density at radius 2 is 1.93 bits per heavy atom. The van der Waals surface area contributed by atoms with Crippen molar-refractivity contribution in [1.29, 1.82) is 0 Å². The molecule has 2 aliphatic heterocycles. The molecule has 1 aromatic heterocycles. The van der Waals surface area contributed by atoms with Gasteiger partial charge >= 0.3 is 12.1 Å². The van der Waals surface area contributed by atoms with Gasteiger partial charge in [0.2, 0.25) is 5.88 Å². The van der Waals surface area contributed by atoms with Crippen LogP contribution in [0.2, 0.25) is 0 Å². The summed E-state index contributed by atoms with van der Waals surface area (Å²) in [4.78, 5) is 26.9. The first-order chi connectivity index (χ1) is 13.5. The molecule has 1 amide bonds. The molecular weight excluding hydrogens is 416 g/mol. The van der Waals surface area contributed by atoms with Gasteiger partial charge in [-0.1, -0.05) is 6.07 Å². The zero-order chi connectivity index (χ0) is 21.3. The summed E-state index contributed by atoms with van der Waals surface area (Å²) in [6, 6.07) is 5.62. The van der Waals surface area contributed by atoms with E-state index in [0.29, 0.717) is 31.8 Å². The predicted molar refractivity (Wildman–Crippen MR) is 96.4 cm³/mol. The molecule has 1 atom stereocenters. The summed E-state index contributed by atoms with van der Waals surface area (Å²) in [5, 5.41) is 7.12. The first-order valence-electron chi connectivity index (χ1n) is 9.03. The van der Waals surface area contributed by atoms with Crippen LogP contribution in [0, 0.1) is 0 Å². The molecule has 0 bridgehead atoms. The second kappa shape index (κ2) is 8.00. The third kappa shape index (κ3) is 4.93. The van der Waals surface area contributed by atoms with Crippen molar-refractivity contribution in [2.75, 3.05) is 18.8 Å². The number of carboxylic acids is 1. The molecular formula is C18H20F4N2O4S. The van der Waals surface area contributed by atoms with E-state index in [0.717, 1.165) is 18.6 Å². The molecule has 29 heavy (non-hydrogen) atoms. The fourth-order valence-electron chi connectivity index (χ4n) is 3.46. The Morgan fingerprint density at radius 1 is 1.28 bits per heavy atom. The minimum Gasteiger partial charge on any atom is -0.475 e.